The second-order valence-corrected chi connectivity index (χ2v) is 5.65. The second kappa shape index (κ2) is 4.90. The highest BCUT2D eigenvalue weighted by molar-refractivity contribution is 9.10. The average molecular weight is 306 g/mol. The van der Waals surface area contributed by atoms with Gasteiger partial charge in [-0.05, 0) is 41.9 Å². The maximum Gasteiger partial charge on any atom is 0.123 e. The van der Waals surface area contributed by atoms with Crippen LogP contribution in [0.4, 0.5) is 0 Å². The van der Waals surface area contributed by atoms with E-state index in [-0.39, 0.29) is 0 Å². The van der Waals surface area contributed by atoms with Crippen molar-refractivity contribution in [3.63, 3.8) is 0 Å². The third-order valence-electron chi connectivity index (χ3n) is 3.67. The fourth-order valence-corrected chi connectivity index (χ4v) is 3.18. The quantitative estimate of drug-likeness (QED) is 0.913. The van der Waals surface area contributed by atoms with Gasteiger partial charge in [0.2, 0.25) is 0 Å². The smallest absolute Gasteiger partial charge is 0.123 e. The van der Waals surface area contributed by atoms with Crippen molar-refractivity contribution >= 4 is 26.7 Å². The number of hydrogen-bond donors (Lipinski definition) is 1. The number of halogens is 1. The van der Waals surface area contributed by atoms with E-state index in [0.717, 1.165) is 23.3 Å². The Morgan fingerprint density at radius 3 is 2.89 bits per heavy atom. The third kappa shape index (κ3) is 2.02. The summed E-state index contributed by atoms with van der Waals surface area (Å²) >= 11 is 3.53. The average Bonchev–Trinajstić information content (AvgIpc) is 2.90. The number of ether oxygens (including phenoxy) is 1. The molecule has 2 aromatic carbocycles. The van der Waals surface area contributed by atoms with E-state index in [9.17, 15) is 0 Å². The molecule has 0 bridgehead atoms. The molecule has 1 unspecified atom stereocenters. The maximum absolute atomic E-state index is 5.56. The van der Waals surface area contributed by atoms with E-state index < -0.39 is 0 Å². The Kier molecular flexibility index (Phi) is 3.27. The lowest BCUT2D eigenvalue weighted by molar-refractivity contribution is 0.407. The van der Waals surface area contributed by atoms with Gasteiger partial charge in [-0.3, -0.25) is 0 Å². The summed E-state index contributed by atoms with van der Waals surface area (Å²) in [5.74, 6) is 1.57. The van der Waals surface area contributed by atoms with Crippen LogP contribution >= 0.6 is 15.9 Å². The molecule has 1 heterocycles. The topological polar surface area (TPSA) is 21.3 Å². The number of hydrogen-bond acceptors (Lipinski definition) is 2. The lowest BCUT2D eigenvalue weighted by atomic mass is 9.92. The Morgan fingerprint density at radius 2 is 2.17 bits per heavy atom. The zero-order chi connectivity index (χ0) is 12.5. The summed E-state index contributed by atoms with van der Waals surface area (Å²) in [5.41, 5.74) is 1.35. The first-order chi connectivity index (χ1) is 8.79. The fourth-order valence-electron chi connectivity index (χ4n) is 2.80. The predicted octanol–water partition coefficient (Wildman–Crippen LogP) is 3.69. The molecule has 0 radical (unpaired) electrons. The summed E-state index contributed by atoms with van der Waals surface area (Å²) in [6, 6.07) is 10.7. The molecule has 1 aliphatic rings. The predicted molar refractivity (Wildman–Crippen MR) is 78.4 cm³/mol. The Balaban J connectivity index is 2.23. The van der Waals surface area contributed by atoms with Gasteiger partial charge in [-0.15, -0.1) is 0 Å². The van der Waals surface area contributed by atoms with Crippen molar-refractivity contribution in [2.45, 2.75) is 12.3 Å². The summed E-state index contributed by atoms with van der Waals surface area (Å²) in [6.45, 7) is 2.15. The molecule has 0 amide bonds. The molecule has 1 atom stereocenters. The van der Waals surface area contributed by atoms with Gasteiger partial charge in [0.1, 0.15) is 5.75 Å². The van der Waals surface area contributed by atoms with Crippen LogP contribution in [-0.4, -0.2) is 20.2 Å². The van der Waals surface area contributed by atoms with Crippen LogP contribution in [0.2, 0.25) is 0 Å². The Hall–Kier alpha value is -1.06. The van der Waals surface area contributed by atoms with Crippen molar-refractivity contribution in [2.75, 3.05) is 20.2 Å². The van der Waals surface area contributed by atoms with Crippen LogP contribution in [-0.2, 0) is 0 Å². The minimum Gasteiger partial charge on any atom is -0.496 e. The van der Waals surface area contributed by atoms with Crippen LogP contribution in [0.15, 0.2) is 34.8 Å². The second-order valence-electron chi connectivity index (χ2n) is 4.74. The minimum atomic E-state index is 0.560. The monoisotopic (exact) mass is 305 g/mol. The molecular formula is C15H16BrNO. The normalized spacial score (nSPS) is 19.3. The van der Waals surface area contributed by atoms with E-state index in [1.807, 2.05) is 0 Å². The molecule has 0 saturated carbocycles. The first kappa shape index (κ1) is 12.0. The van der Waals surface area contributed by atoms with Crippen LogP contribution in [0.25, 0.3) is 10.8 Å². The molecule has 0 aromatic heterocycles. The lowest BCUT2D eigenvalue weighted by Crippen LogP contribution is -2.09. The number of nitrogens with one attached hydrogen (secondary N) is 1. The minimum absolute atomic E-state index is 0.560. The van der Waals surface area contributed by atoms with Crippen LogP contribution in [0.5, 0.6) is 5.75 Å². The highest BCUT2D eigenvalue weighted by Gasteiger charge is 2.22. The molecule has 2 nitrogen and oxygen atoms in total. The first-order valence-electron chi connectivity index (χ1n) is 6.26. The number of benzene rings is 2. The molecule has 0 spiro atoms. The molecule has 1 fully saturated rings. The van der Waals surface area contributed by atoms with Gasteiger partial charge >= 0.3 is 0 Å². The van der Waals surface area contributed by atoms with Gasteiger partial charge in [-0.25, -0.2) is 0 Å². The van der Waals surface area contributed by atoms with Gasteiger partial charge in [0.05, 0.1) is 7.11 Å². The Labute approximate surface area is 115 Å². The molecule has 3 rings (SSSR count). The van der Waals surface area contributed by atoms with E-state index in [2.05, 4.69) is 51.6 Å². The first-order valence-corrected chi connectivity index (χ1v) is 7.06. The van der Waals surface area contributed by atoms with Gasteiger partial charge in [0.15, 0.2) is 0 Å². The van der Waals surface area contributed by atoms with Crippen LogP contribution in [0.1, 0.15) is 17.9 Å². The van der Waals surface area contributed by atoms with Crippen molar-refractivity contribution in [2.24, 2.45) is 0 Å². The highest BCUT2D eigenvalue weighted by atomic mass is 79.9. The van der Waals surface area contributed by atoms with E-state index in [1.54, 1.807) is 7.11 Å². The van der Waals surface area contributed by atoms with Crippen molar-refractivity contribution < 1.29 is 4.74 Å². The lowest BCUT2D eigenvalue weighted by Gasteiger charge is -2.17. The van der Waals surface area contributed by atoms with Crippen molar-refractivity contribution in [1.29, 1.82) is 0 Å². The zero-order valence-corrected chi connectivity index (χ0v) is 12.0. The molecule has 1 saturated heterocycles. The van der Waals surface area contributed by atoms with Gasteiger partial charge in [-0.2, -0.15) is 0 Å². The fraction of sp³-hybridized carbons (Fsp3) is 0.333. The standard InChI is InChI=1S/C15H16BrNO/c1-18-14-5-2-10-8-12(16)3-4-13(10)15(14)11-6-7-17-9-11/h2-5,8,11,17H,6-7,9H2,1H3. The summed E-state index contributed by atoms with van der Waals surface area (Å²) in [5, 5.41) is 6.02. The molecule has 1 N–H and O–H groups in total. The summed E-state index contributed by atoms with van der Waals surface area (Å²) in [7, 11) is 1.76. The maximum atomic E-state index is 5.56. The van der Waals surface area contributed by atoms with Crippen LogP contribution < -0.4 is 10.1 Å². The third-order valence-corrected chi connectivity index (χ3v) is 4.17. The van der Waals surface area contributed by atoms with Crippen LogP contribution in [0.3, 0.4) is 0 Å². The van der Waals surface area contributed by atoms with Gasteiger partial charge in [-0.1, -0.05) is 28.1 Å². The van der Waals surface area contributed by atoms with E-state index in [1.165, 1.54) is 22.8 Å². The van der Waals surface area contributed by atoms with Gasteiger partial charge in [0, 0.05) is 22.5 Å². The summed E-state index contributed by atoms with van der Waals surface area (Å²) < 4.78 is 6.68. The van der Waals surface area contributed by atoms with Gasteiger partial charge < -0.3 is 10.1 Å². The summed E-state index contributed by atoms with van der Waals surface area (Å²) in [6.07, 6.45) is 1.19. The molecule has 2 aromatic rings. The van der Waals surface area contributed by atoms with Gasteiger partial charge in [0.25, 0.3) is 0 Å². The van der Waals surface area contributed by atoms with E-state index in [4.69, 9.17) is 4.74 Å². The summed E-state index contributed by atoms with van der Waals surface area (Å²) in [4.78, 5) is 0. The Morgan fingerprint density at radius 1 is 1.28 bits per heavy atom. The molecular weight excluding hydrogens is 290 g/mol. The number of fused-ring (bicyclic) bond motifs is 1. The van der Waals surface area contributed by atoms with E-state index >= 15 is 0 Å². The van der Waals surface area contributed by atoms with Crippen molar-refractivity contribution in [1.82, 2.24) is 5.32 Å². The number of rotatable bonds is 2. The largest absolute Gasteiger partial charge is 0.496 e. The number of methoxy groups -OCH3 is 1. The zero-order valence-electron chi connectivity index (χ0n) is 10.4. The SMILES string of the molecule is COc1ccc2cc(Br)ccc2c1C1CCNC1. The van der Waals surface area contributed by atoms with E-state index in [0.29, 0.717) is 5.92 Å². The molecule has 94 valence electrons. The molecule has 18 heavy (non-hydrogen) atoms. The van der Waals surface area contributed by atoms with Crippen LogP contribution in [0, 0.1) is 0 Å². The Bertz CT molecular complexity index is 576. The van der Waals surface area contributed by atoms with Crippen molar-refractivity contribution in [3.05, 3.63) is 40.4 Å². The molecule has 3 heteroatoms. The van der Waals surface area contributed by atoms with Crippen molar-refractivity contribution in [3.8, 4) is 5.75 Å². The highest BCUT2D eigenvalue weighted by Crippen LogP contribution is 2.37. The molecule has 0 aliphatic carbocycles. The molecule has 1 aliphatic heterocycles.